The first-order valence-electron chi connectivity index (χ1n) is 7.22. The van der Waals surface area contributed by atoms with Crippen molar-refractivity contribution >= 4 is 18.0 Å². The molecule has 4 heteroatoms. The Morgan fingerprint density at radius 1 is 1.14 bits per heavy atom. The molecule has 1 aliphatic carbocycles. The predicted octanol–water partition coefficient (Wildman–Crippen LogP) is 2.83. The third kappa shape index (κ3) is 3.15. The highest BCUT2D eigenvalue weighted by Crippen LogP contribution is 2.55. The van der Waals surface area contributed by atoms with Crippen molar-refractivity contribution < 1.29 is 19.1 Å². The molecular formula is C17H20O4. The molecule has 0 radical (unpaired) electrons. The van der Waals surface area contributed by atoms with E-state index < -0.39 is 17.4 Å². The zero-order chi connectivity index (χ0) is 15.3. The van der Waals surface area contributed by atoms with Crippen LogP contribution in [-0.2, 0) is 19.1 Å². The van der Waals surface area contributed by atoms with E-state index in [0.717, 1.165) is 5.56 Å². The summed E-state index contributed by atoms with van der Waals surface area (Å²) in [5, 5.41) is 0. The van der Waals surface area contributed by atoms with E-state index in [2.05, 4.69) is 0 Å². The van der Waals surface area contributed by atoms with Gasteiger partial charge in [-0.25, -0.2) is 0 Å². The Morgan fingerprint density at radius 2 is 1.71 bits per heavy atom. The molecule has 0 spiro atoms. The average Bonchev–Trinajstić information content (AvgIpc) is 3.23. The van der Waals surface area contributed by atoms with Gasteiger partial charge in [0.25, 0.3) is 0 Å². The van der Waals surface area contributed by atoms with Crippen molar-refractivity contribution in [1.82, 2.24) is 0 Å². The topological polar surface area (TPSA) is 52.6 Å². The van der Waals surface area contributed by atoms with Gasteiger partial charge in [-0.3, -0.25) is 9.59 Å². The van der Waals surface area contributed by atoms with E-state index >= 15 is 0 Å². The van der Waals surface area contributed by atoms with Crippen molar-refractivity contribution in [3.8, 4) is 0 Å². The number of rotatable bonds is 6. The lowest BCUT2D eigenvalue weighted by Gasteiger charge is -2.13. The fourth-order valence-electron chi connectivity index (χ4n) is 2.38. The Kier molecular flexibility index (Phi) is 4.78. The van der Waals surface area contributed by atoms with Crippen LogP contribution >= 0.6 is 0 Å². The molecule has 112 valence electrons. The highest BCUT2D eigenvalue weighted by molar-refractivity contribution is 6.04. The van der Waals surface area contributed by atoms with Gasteiger partial charge >= 0.3 is 11.9 Å². The number of hydrogen-bond donors (Lipinski definition) is 0. The maximum Gasteiger partial charge on any atom is 0.324 e. The summed E-state index contributed by atoms with van der Waals surface area (Å²) in [6.45, 7) is 3.98. The van der Waals surface area contributed by atoms with E-state index in [1.807, 2.05) is 42.5 Å². The molecule has 1 saturated carbocycles. The number of carbonyl (C=O) groups excluding carboxylic acids is 2. The van der Waals surface area contributed by atoms with Crippen LogP contribution in [0, 0.1) is 11.3 Å². The Balaban J connectivity index is 2.12. The summed E-state index contributed by atoms with van der Waals surface area (Å²) in [7, 11) is 0. The molecule has 21 heavy (non-hydrogen) atoms. The van der Waals surface area contributed by atoms with Gasteiger partial charge in [-0.05, 0) is 25.8 Å². The lowest BCUT2D eigenvalue weighted by molar-refractivity contribution is -0.164. The summed E-state index contributed by atoms with van der Waals surface area (Å²) in [6.07, 6.45) is 4.27. The highest BCUT2D eigenvalue weighted by Gasteiger charge is 2.67. The van der Waals surface area contributed by atoms with Crippen LogP contribution in [0.15, 0.2) is 36.4 Å². The molecule has 1 unspecified atom stereocenters. The molecule has 1 fully saturated rings. The second-order valence-electron chi connectivity index (χ2n) is 4.99. The normalized spacial score (nSPS) is 19.2. The largest absolute Gasteiger partial charge is 0.465 e. The van der Waals surface area contributed by atoms with E-state index in [4.69, 9.17) is 9.47 Å². The second kappa shape index (κ2) is 6.57. The quantitative estimate of drug-likeness (QED) is 0.596. The Labute approximate surface area is 124 Å². The van der Waals surface area contributed by atoms with Gasteiger partial charge in [0.05, 0.1) is 13.2 Å². The first-order valence-corrected chi connectivity index (χ1v) is 7.22. The fourth-order valence-corrected chi connectivity index (χ4v) is 2.38. The van der Waals surface area contributed by atoms with Gasteiger partial charge in [-0.1, -0.05) is 42.5 Å². The summed E-state index contributed by atoms with van der Waals surface area (Å²) in [5.41, 5.74) is -0.108. The van der Waals surface area contributed by atoms with Gasteiger partial charge in [0, 0.05) is 5.92 Å². The van der Waals surface area contributed by atoms with Crippen molar-refractivity contribution in [2.45, 2.75) is 20.3 Å². The molecular weight excluding hydrogens is 268 g/mol. The summed E-state index contributed by atoms with van der Waals surface area (Å²) >= 11 is 0. The van der Waals surface area contributed by atoms with Gasteiger partial charge in [-0.15, -0.1) is 0 Å². The number of ether oxygens (including phenoxy) is 2. The van der Waals surface area contributed by atoms with Crippen LogP contribution in [0.1, 0.15) is 25.8 Å². The van der Waals surface area contributed by atoms with Crippen molar-refractivity contribution in [3.63, 3.8) is 0 Å². The standard InChI is InChI=1S/C17H20O4/c1-3-20-15(18)17(16(19)21-4-2)12-14(17)11-10-13-8-6-5-7-9-13/h5-11,14H,3-4,12H2,1-2H3/b11-10+. The summed E-state index contributed by atoms with van der Waals surface area (Å²) in [6, 6.07) is 9.76. The van der Waals surface area contributed by atoms with Gasteiger partial charge in [0.2, 0.25) is 0 Å². The van der Waals surface area contributed by atoms with E-state index in [0.29, 0.717) is 6.42 Å². The highest BCUT2D eigenvalue weighted by atomic mass is 16.6. The zero-order valence-electron chi connectivity index (χ0n) is 12.4. The van der Waals surface area contributed by atoms with Crippen LogP contribution in [-0.4, -0.2) is 25.2 Å². The van der Waals surface area contributed by atoms with E-state index in [-0.39, 0.29) is 19.1 Å². The SMILES string of the molecule is CCOC(=O)C1(C(=O)OCC)CC1/C=C/c1ccccc1. The average molecular weight is 288 g/mol. The summed E-state index contributed by atoms with van der Waals surface area (Å²) < 4.78 is 10.1. The predicted molar refractivity (Wildman–Crippen MR) is 79.3 cm³/mol. The number of carbonyl (C=O) groups is 2. The van der Waals surface area contributed by atoms with Gasteiger partial charge in [0.15, 0.2) is 5.41 Å². The summed E-state index contributed by atoms with van der Waals surface area (Å²) in [5.74, 6) is -1.12. The van der Waals surface area contributed by atoms with E-state index in [1.165, 1.54) is 0 Å². The molecule has 1 atom stereocenters. The molecule has 2 rings (SSSR count). The maximum atomic E-state index is 12.1. The van der Waals surface area contributed by atoms with Crippen molar-refractivity contribution in [2.24, 2.45) is 11.3 Å². The minimum absolute atomic E-state index is 0.157. The van der Waals surface area contributed by atoms with Crippen LogP contribution < -0.4 is 0 Å². The lowest BCUT2D eigenvalue weighted by atomic mass is 10.0. The van der Waals surface area contributed by atoms with Gasteiger partial charge in [0.1, 0.15) is 0 Å². The number of benzene rings is 1. The van der Waals surface area contributed by atoms with Crippen molar-refractivity contribution in [2.75, 3.05) is 13.2 Å². The first-order chi connectivity index (χ1) is 10.1. The summed E-state index contributed by atoms with van der Waals surface area (Å²) in [4.78, 5) is 24.2. The Bertz CT molecular complexity index is 515. The Hall–Kier alpha value is -2.10. The van der Waals surface area contributed by atoms with Crippen LogP contribution in [0.5, 0.6) is 0 Å². The molecule has 1 aliphatic rings. The molecule has 4 nitrogen and oxygen atoms in total. The van der Waals surface area contributed by atoms with Crippen LogP contribution in [0.4, 0.5) is 0 Å². The molecule has 0 N–H and O–H groups in total. The second-order valence-corrected chi connectivity index (χ2v) is 4.99. The van der Waals surface area contributed by atoms with Crippen LogP contribution in [0.2, 0.25) is 0 Å². The number of esters is 2. The van der Waals surface area contributed by atoms with Crippen LogP contribution in [0.3, 0.4) is 0 Å². The third-order valence-corrected chi connectivity index (χ3v) is 3.61. The van der Waals surface area contributed by atoms with Gasteiger partial charge in [-0.2, -0.15) is 0 Å². The fraction of sp³-hybridized carbons (Fsp3) is 0.412. The number of hydrogen-bond acceptors (Lipinski definition) is 4. The van der Waals surface area contributed by atoms with E-state index in [1.54, 1.807) is 13.8 Å². The third-order valence-electron chi connectivity index (χ3n) is 3.61. The van der Waals surface area contributed by atoms with Crippen molar-refractivity contribution in [3.05, 3.63) is 42.0 Å². The minimum Gasteiger partial charge on any atom is -0.465 e. The molecule has 0 amide bonds. The number of allylic oxidation sites excluding steroid dienone is 1. The van der Waals surface area contributed by atoms with Crippen LogP contribution in [0.25, 0.3) is 6.08 Å². The smallest absolute Gasteiger partial charge is 0.324 e. The minimum atomic E-state index is -1.14. The molecule has 1 aromatic carbocycles. The molecule has 0 saturated heterocycles. The van der Waals surface area contributed by atoms with E-state index in [9.17, 15) is 9.59 Å². The molecule has 0 aliphatic heterocycles. The van der Waals surface area contributed by atoms with Gasteiger partial charge < -0.3 is 9.47 Å². The molecule has 0 bridgehead atoms. The maximum absolute atomic E-state index is 12.1. The molecule has 0 heterocycles. The Morgan fingerprint density at radius 3 is 2.24 bits per heavy atom. The lowest BCUT2D eigenvalue weighted by Crippen LogP contribution is -2.31. The first kappa shape index (κ1) is 15.3. The van der Waals surface area contributed by atoms with Crippen molar-refractivity contribution in [1.29, 1.82) is 0 Å². The molecule has 1 aromatic rings. The zero-order valence-corrected chi connectivity index (χ0v) is 12.4. The molecule has 0 aromatic heterocycles. The monoisotopic (exact) mass is 288 g/mol.